The maximum Gasteiger partial charge on any atom is 0.416 e. The average molecular weight is 515 g/mol. The van der Waals surface area contributed by atoms with Gasteiger partial charge in [-0.1, -0.05) is 24.3 Å². The van der Waals surface area contributed by atoms with Gasteiger partial charge in [-0.15, -0.1) is 0 Å². The van der Waals surface area contributed by atoms with Gasteiger partial charge in [0.05, 0.1) is 5.56 Å². The highest BCUT2D eigenvalue weighted by Gasteiger charge is 2.39. The summed E-state index contributed by atoms with van der Waals surface area (Å²) in [5.41, 5.74) is 5.90. The average Bonchev–Trinajstić information content (AvgIpc) is 3.35. The van der Waals surface area contributed by atoms with Gasteiger partial charge in [-0.3, -0.25) is 14.4 Å². The van der Waals surface area contributed by atoms with Crippen LogP contribution in [-0.2, 0) is 31.8 Å². The number of esters is 1. The van der Waals surface area contributed by atoms with Crippen molar-refractivity contribution in [3.63, 3.8) is 0 Å². The molecule has 0 radical (unpaired) electrons. The molecule has 3 aromatic rings. The molecule has 8 nitrogen and oxygen atoms in total. The number of likely N-dealkylation sites (tertiary alicyclic amines) is 1. The van der Waals surface area contributed by atoms with Crippen LogP contribution in [0.4, 0.5) is 19.0 Å². The Morgan fingerprint density at radius 3 is 2.57 bits per heavy atom. The zero-order valence-corrected chi connectivity index (χ0v) is 19.9. The number of fused-ring (bicyclic) bond motifs is 1. The molecule has 1 unspecified atom stereocenters. The second kappa shape index (κ2) is 10.5. The number of halogens is 3. The number of carbonyl (C=O) groups excluding carboxylic acids is 3. The number of alkyl halides is 3. The number of nitrogens with zero attached hydrogens (tertiary/aromatic N) is 2. The number of hydrogen-bond donors (Lipinski definition) is 2. The second-order valence-electron chi connectivity index (χ2n) is 8.77. The highest BCUT2D eigenvalue weighted by atomic mass is 19.4. The van der Waals surface area contributed by atoms with E-state index in [2.05, 4.69) is 10.3 Å². The van der Waals surface area contributed by atoms with Crippen LogP contribution in [0.15, 0.2) is 54.7 Å². The lowest BCUT2D eigenvalue weighted by Gasteiger charge is -2.28. The first-order valence-electron chi connectivity index (χ1n) is 11.6. The Labute approximate surface area is 210 Å². The molecule has 1 aliphatic heterocycles. The van der Waals surface area contributed by atoms with Crippen LogP contribution in [0.2, 0.25) is 0 Å². The number of benzene rings is 2. The van der Waals surface area contributed by atoms with Gasteiger partial charge in [-0.25, -0.2) is 4.98 Å². The third-order valence-electron chi connectivity index (χ3n) is 6.21. The van der Waals surface area contributed by atoms with Gasteiger partial charge < -0.3 is 20.7 Å². The van der Waals surface area contributed by atoms with E-state index in [9.17, 15) is 27.6 Å². The lowest BCUT2D eigenvalue weighted by molar-refractivity contribution is -0.160. The fourth-order valence-corrected chi connectivity index (χ4v) is 4.40. The first-order chi connectivity index (χ1) is 17.5. The van der Waals surface area contributed by atoms with E-state index in [0.717, 1.165) is 47.5 Å². The molecule has 0 spiro atoms. The summed E-state index contributed by atoms with van der Waals surface area (Å²) in [5.74, 6) is -1.41. The molecule has 0 saturated carbocycles. The Kier molecular flexibility index (Phi) is 7.33. The molecule has 1 aromatic heterocycles. The maximum absolute atomic E-state index is 13.4. The summed E-state index contributed by atoms with van der Waals surface area (Å²) in [6.07, 6.45) is -3.47. The molecule has 2 heterocycles. The molecule has 1 fully saturated rings. The predicted octanol–water partition coefficient (Wildman–Crippen LogP) is 3.75. The maximum atomic E-state index is 13.4. The highest BCUT2D eigenvalue weighted by molar-refractivity contribution is 5.92. The van der Waals surface area contributed by atoms with Gasteiger partial charge >= 0.3 is 12.1 Å². The fourth-order valence-electron chi connectivity index (χ4n) is 4.40. The van der Waals surface area contributed by atoms with Crippen LogP contribution in [0.3, 0.4) is 0 Å². The van der Waals surface area contributed by atoms with E-state index >= 15 is 0 Å². The number of nitrogens with two attached hydrogens (primary N) is 1. The molecule has 1 saturated heterocycles. The standard InChI is InChI=1S/C26H25F3N4O4/c1-15(34)37-22(17-5-7-19(8-6-17)26(27,28)29)25(36)33-12-2-3-21(33)24(35)32-14-16-4-9-20-18(13-16)10-11-31-23(20)30/h4-11,13,21-22H,2-3,12,14H2,1H3,(H2,30,31)(H,32,35)/t21-,22?/m0/s1. The van der Waals surface area contributed by atoms with Crippen LogP contribution in [0, 0.1) is 0 Å². The molecule has 0 aliphatic carbocycles. The lowest BCUT2D eigenvalue weighted by atomic mass is 10.0. The predicted molar refractivity (Wildman–Crippen MR) is 129 cm³/mol. The minimum absolute atomic E-state index is 0.0872. The summed E-state index contributed by atoms with van der Waals surface area (Å²) in [6, 6.07) is 10.4. The molecular formula is C26H25F3N4O4. The van der Waals surface area contributed by atoms with Gasteiger partial charge in [0, 0.05) is 37.2 Å². The number of pyridine rings is 1. The van der Waals surface area contributed by atoms with Gasteiger partial charge in [0.2, 0.25) is 12.0 Å². The number of carbonyl (C=O) groups is 3. The third-order valence-corrected chi connectivity index (χ3v) is 6.21. The molecule has 37 heavy (non-hydrogen) atoms. The molecule has 1 aliphatic rings. The molecule has 194 valence electrons. The van der Waals surface area contributed by atoms with Crippen LogP contribution in [0.1, 0.15) is 42.6 Å². The third kappa shape index (κ3) is 5.82. The Bertz CT molecular complexity index is 1330. The van der Waals surface area contributed by atoms with Gasteiger partial charge in [-0.05, 0) is 48.1 Å². The fraction of sp³-hybridized carbons (Fsp3) is 0.308. The van der Waals surface area contributed by atoms with Gasteiger partial charge in [0.25, 0.3) is 5.91 Å². The van der Waals surface area contributed by atoms with Crippen LogP contribution in [-0.4, -0.2) is 40.3 Å². The molecule has 2 aromatic carbocycles. The Balaban J connectivity index is 1.48. The number of ether oxygens (including phenoxy) is 1. The number of anilines is 1. The highest BCUT2D eigenvalue weighted by Crippen LogP contribution is 2.32. The summed E-state index contributed by atoms with van der Waals surface area (Å²) < 4.78 is 44.0. The summed E-state index contributed by atoms with van der Waals surface area (Å²) in [6.45, 7) is 1.56. The lowest BCUT2D eigenvalue weighted by Crippen LogP contribution is -2.47. The van der Waals surface area contributed by atoms with Crippen molar-refractivity contribution in [2.45, 2.75) is 44.6 Å². The number of rotatable bonds is 6. The minimum Gasteiger partial charge on any atom is -0.447 e. The number of aromatic nitrogens is 1. The van der Waals surface area contributed by atoms with Gasteiger partial charge in [0.1, 0.15) is 11.9 Å². The van der Waals surface area contributed by atoms with Gasteiger partial charge in [0.15, 0.2) is 0 Å². The second-order valence-corrected chi connectivity index (χ2v) is 8.77. The summed E-state index contributed by atoms with van der Waals surface area (Å²) in [7, 11) is 0. The zero-order chi connectivity index (χ0) is 26.7. The van der Waals surface area contributed by atoms with E-state index in [1.54, 1.807) is 6.20 Å². The summed E-state index contributed by atoms with van der Waals surface area (Å²) in [4.78, 5) is 43.4. The topological polar surface area (TPSA) is 115 Å². The van der Waals surface area contributed by atoms with Crippen molar-refractivity contribution in [2.75, 3.05) is 12.3 Å². The van der Waals surface area contributed by atoms with Crippen LogP contribution in [0.5, 0.6) is 0 Å². The number of amides is 2. The summed E-state index contributed by atoms with van der Waals surface area (Å²) >= 11 is 0. The van der Waals surface area contributed by atoms with E-state index in [1.807, 2.05) is 24.3 Å². The van der Waals surface area contributed by atoms with E-state index < -0.39 is 35.8 Å². The number of nitrogens with one attached hydrogen (secondary N) is 1. The Morgan fingerprint density at radius 2 is 1.89 bits per heavy atom. The minimum atomic E-state index is -4.55. The quantitative estimate of drug-likeness (QED) is 0.485. The number of hydrogen-bond acceptors (Lipinski definition) is 6. The first-order valence-corrected chi connectivity index (χ1v) is 11.6. The molecule has 11 heteroatoms. The SMILES string of the molecule is CC(=O)OC(C(=O)N1CCC[C@H]1C(=O)NCc1ccc2c(N)nccc2c1)c1ccc(C(F)(F)F)cc1. The van der Waals surface area contributed by atoms with Crippen molar-refractivity contribution >= 4 is 34.4 Å². The molecular weight excluding hydrogens is 489 g/mol. The van der Waals surface area contributed by atoms with Crippen molar-refractivity contribution in [3.05, 3.63) is 71.4 Å². The Morgan fingerprint density at radius 1 is 1.16 bits per heavy atom. The largest absolute Gasteiger partial charge is 0.447 e. The smallest absolute Gasteiger partial charge is 0.416 e. The zero-order valence-electron chi connectivity index (χ0n) is 19.9. The molecule has 2 amide bonds. The van der Waals surface area contributed by atoms with E-state index in [4.69, 9.17) is 10.5 Å². The van der Waals surface area contributed by atoms with Crippen LogP contribution >= 0.6 is 0 Å². The van der Waals surface area contributed by atoms with Crippen molar-refractivity contribution in [1.82, 2.24) is 15.2 Å². The van der Waals surface area contributed by atoms with E-state index in [1.165, 1.54) is 4.90 Å². The number of nitrogen functional groups attached to an aromatic ring is 1. The van der Waals surface area contributed by atoms with Gasteiger partial charge in [-0.2, -0.15) is 13.2 Å². The van der Waals surface area contributed by atoms with Crippen molar-refractivity contribution in [3.8, 4) is 0 Å². The first kappa shape index (κ1) is 25.9. The molecule has 3 N–H and O–H groups in total. The molecule has 4 rings (SSSR count). The molecule has 0 bridgehead atoms. The van der Waals surface area contributed by atoms with E-state index in [0.29, 0.717) is 18.7 Å². The van der Waals surface area contributed by atoms with Crippen molar-refractivity contribution < 1.29 is 32.3 Å². The normalized spacial score (nSPS) is 16.4. The van der Waals surface area contributed by atoms with Crippen molar-refractivity contribution in [1.29, 1.82) is 0 Å². The summed E-state index contributed by atoms with van der Waals surface area (Å²) in [5, 5.41) is 4.51. The van der Waals surface area contributed by atoms with E-state index in [-0.39, 0.29) is 24.6 Å². The Hall–Kier alpha value is -4.15. The van der Waals surface area contributed by atoms with Crippen LogP contribution < -0.4 is 11.1 Å². The van der Waals surface area contributed by atoms with Crippen LogP contribution in [0.25, 0.3) is 10.8 Å². The monoisotopic (exact) mass is 514 g/mol. The van der Waals surface area contributed by atoms with Crippen molar-refractivity contribution in [2.24, 2.45) is 0 Å². The molecule has 2 atom stereocenters.